The van der Waals surface area contributed by atoms with Gasteiger partial charge in [0.15, 0.2) is 0 Å². The summed E-state index contributed by atoms with van der Waals surface area (Å²) in [5.74, 6) is 3.25. The third-order valence-corrected chi connectivity index (χ3v) is 12.0. The van der Waals surface area contributed by atoms with Crippen LogP contribution in [0.15, 0.2) is 97.1 Å². The minimum atomic E-state index is -2.00. The van der Waals surface area contributed by atoms with Crippen molar-refractivity contribution in [3.05, 3.63) is 119 Å². The van der Waals surface area contributed by atoms with Crippen LogP contribution in [0.4, 0.5) is 0 Å². The fourth-order valence-electron chi connectivity index (χ4n) is 4.26. The Kier molecular flexibility index (Phi) is 8.04. The van der Waals surface area contributed by atoms with Crippen molar-refractivity contribution in [2.75, 3.05) is 6.61 Å². The second kappa shape index (κ2) is 11.6. The van der Waals surface area contributed by atoms with Crippen LogP contribution in [0.25, 0.3) is 11.6 Å². The number of ether oxygens (including phenoxy) is 3. The predicted molar refractivity (Wildman–Crippen MR) is 166 cm³/mol. The van der Waals surface area contributed by atoms with Gasteiger partial charge in [-0.3, -0.25) is 0 Å². The van der Waals surface area contributed by atoms with Gasteiger partial charge in [-0.1, -0.05) is 81.4 Å². The lowest BCUT2D eigenvalue weighted by atomic mass is 9.99. The highest BCUT2D eigenvalue weighted by Gasteiger charge is 2.39. The minimum Gasteiger partial charge on any atom is -0.543 e. The summed E-state index contributed by atoms with van der Waals surface area (Å²) in [5.41, 5.74) is 5.34. The normalized spacial score (nSPS) is 13.1. The molecular formula is C35H38O4Si. The molecule has 40 heavy (non-hydrogen) atoms. The van der Waals surface area contributed by atoms with Crippen LogP contribution in [0.3, 0.4) is 0 Å². The van der Waals surface area contributed by atoms with Crippen molar-refractivity contribution in [3.63, 3.8) is 0 Å². The van der Waals surface area contributed by atoms with Crippen LogP contribution in [0.5, 0.6) is 23.0 Å². The quantitative estimate of drug-likeness (QED) is 0.195. The Morgan fingerprint density at radius 2 is 1.35 bits per heavy atom. The summed E-state index contributed by atoms with van der Waals surface area (Å²) < 4.78 is 25.3. The Morgan fingerprint density at radius 1 is 0.725 bits per heavy atom. The molecule has 5 heteroatoms. The molecule has 0 fully saturated rings. The predicted octanol–water partition coefficient (Wildman–Crippen LogP) is 9.16. The summed E-state index contributed by atoms with van der Waals surface area (Å²) in [6.07, 6.45) is 2.18. The molecular weight excluding hydrogens is 512 g/mol. The molecule has 0 saturated carbocycles. The third kappa shape index (κ3) is 6.60. The summed E-state index contributed by atoms with van der Waals surface area (Å²) in [6.45, 7) is 12.7. The van der Waals surface area contributed by atoms with E-state index in [1.165, 1.54) is 0 Å². The summed E-state index contributed by atoms with van der Waals surface area (Å²) in [5, 5.41) is 0.101. The molecule has 5 rings (SSSR count). The second-order valence-electron chi connectivity index (χ2n) is 11.7. The van der Waals surface area contributed by atoms with Crippen LogP contribution in [-0.2, 0) is 13.2 Å². The molecule has 1 aliphatic heterocycles. The van der Waals surface area contributed by atoms with E-state index in [9.17, 15) is 0 Å². The lowest BCUT2D eigenvalue weighted by molar-refractivity contribution is 0.300. The van der Waals surface area contributed by atoms with Crippen molar-refractivity contribution in [1.82, 2.24) is 0 Å². The van der Waals surface area contributed by atoms with E-state index in [0.29, 0.717) is 19.8 Å². The van der Waals surface area contributed by atoms with Crippen LogP contribution in [0.2, 0.25) is 18.1 Å². The molecule has 0 atom stereocenters. The highest BCUT2D eigenvalue weighted by molar-refractivity contribution is 6.74. The topological polar surface area (TPSA) is 36.9 Å². The van der Waals surface area contributed by atoms with E-state index in [1.807, 2.05) is 60.7 Å². The third-order valence-electron chi connectivity index (χ3n) is 7.66. The van der Waals surface area contributed by atoms with Gasteiger partial charge in [0.2, 0.25) is 8.32 Å². The monoisotopic (exact) mass is 550 g/mol. The maximum atomic E-state index is 6.62. The van der Waals surface area contributed by atoms with E-state index >= 15 is 0 Å². The molecule has 0 aromatic heterocycles. The standard InChI is InChI=1S/C35H38O4Si/c1-35(2,3)40(4,5)39-31-18-19-32(34(22-31)37-24-27-14-10-7-11-15-27)29-20-28-16-17-30(21-33(28)38-25-29)36-23-26-12-8-6-9-13-26/h6-22H,23-25H2,1-5H3. The van der Waals surface area contributed by atoms with Crippen molar-refractivity contribution in [2.45, 2.75) is 52.1 Å². The second-order valence-corrected chi connectivity index (χ2v) is 16.5. The maximum absolute atomic E-state index is 6.62. The zero-order valence-corrected chi connectivity index (χ0v) is 25.1. The highest BCUT2D eigenvalue weighted by atomic mass is 28.4. The van der Waals surface area contributed by atoms with Gasteiger partial charge >= 0.3 is 0 Å². The van der Waals surface area contributed by atoms with E-state index in [0.717, 1.165) is 50.8 Å². The van der Waals surface area contributed by atoms with E-state index in [1.54, 1.807) is 0 Å². The summed E-state index contributed by atoms with van der Waals surface area (Å²) >= 11 is 0. The van der Waals surface area contributed by atoms with Gasteiger partial charge in [0.05, 0.1) is 0 Å². The van der Waals surface area contributed by atoms with Crippen molar-refractivity contribution in [1.29, 1.82) is 0 Å². The fourth-order valence-corrected chi connectivity index (χ4v) is 5.29. The van der Waals surface area contributed by atoms with Gasteiger partial charge in [0.1, 0.15) is 42.8 Å². The Morgan fingerprint density at radius 3 is 2.00 bits per heavy atom. The minimum absolute atomic E-state index is 0.101. The van der Waals surface area contributed by atoms with E-state index in [4.69, 9.17) is 18.6 Å². The van der Waals surface area contributed by atoms with Gasteiger partial charge < -0.3 is 18.6 Å². The first-order chi connectivity index (χ1) is 19.2. The largest absolute Gasteiger partial charge is 0.543 e. The molecule has 206 valence electrons. The van der Waals surface area contributed by atoms with Crippen LogP contribution >= 0.6 is 0 Å². The summed E-state index contributed by atoms with van der Waals surface area (Å²) in [6, 6.07) is 32.6. The molecule has 0 radical (unpaired) electrons. The van der Waals surface area contributed by atoms with Gasteiger partial charge in [0, 0.05) is 28.8 Å². The van der Waals surface area contributed by atoms with Crippen molar-refractivity contribution in [2.24, 2.45) is 0 Å². The molecule has 1 heterocycles. The van der Waals surface area contributed by atoms with Crippen LogP contribution in [0, 0.1) is 0 Å². The SMILES string of the molecule is CC(C)(C)[Si](C)(C)Oc1ccc(C2=Cc3ccc(OCc4ccccc4)cc3OC2)c(OCc2ccccc2)c1. The Bertz CT molecular complexity index is 1470. The van der Waals surface area contributed by atoms with Crippen LogP contribution in [-0.4, -0.2) is 14.9 Å². The van der Waals surface area contributed by atoms with Crippen molar-refractivity contribution < 1.29 is 18.6 Å². The average Bonchev–Trinajstić information content (AvgIpc) is 2.95. The van der Waals surface area contributed by atoms with E-state index in [2.05, 4.69) is 76.3 Å². The Hall–Kier alpha value is -3.96. The van der Waals surface area contributed by atoms with E-state index < -0.39 is 8.32 Å². The van der Waals surface area contributed by atoms with Gasteiger partial charge in [-0.15, -0.1) is 0 Å². The number of benzene rings is 4. The first kappa shape index (κ1) is 27.6. The molecule has 0 aliphatic carbocycles. The zero-order chi connectivity index (χ0) is 28.2. The smallest absolute Gasteiger partial charge is 0.250 e. The lowest BCUT2D eigenvalue weighted by Gasteiger charge is -2.36. The van der Waals surface area contributed by atoms with Gasteiger partial charge in [0.25, 0.3) is 0 Å². The average molecular weight is 551 g/mol. The molecule has 0 amide bonds. The lowest BCUT2D eigenvalue weighted by Crippen LogP contribution is -2.43. The number of hydrogen-bond acceptors (Lipinski definition) is 4. The first-order valence-corrected chi connectivity index (χ1v) is 16.7. The fraction of sp³-hybridized carbons (Fsp3) is 0.257. The Balaban J connectivity index is 1.40. The molecule has 0 bridgehead atoms. The summed E-state index contributed by atoms with van der Waals surface area (Å²) in [7, 11) is -2.00. The molecule has 0 N–H and O–H groups in total. The van der Waals surface area contributed by atoms with Gasteiger partial charge in [-0.2, -0.15) is 0 Å². The molecule has 0 spiro atoms. The zero-order valence-electron chi connectivity index (χ0n) is 24.1. The number of fused-ring (bicyclic) bond motifs is 1. The van der Waals surface area contributed by atoms with Crippen molar-refractivity contribution >= 4 is 20.0 Å². The van der Waals surface area contributed by atoms with Crippen molar-refractivity contribution in [3.8, 4) is 23.0 Å². The van der Waals surface area contributed by atoms with Crippen LogP contribution in [0.1, 0.15) is 43.0 Å². The van der Waals surface area contributed by atoms with E-state index in [-0.39, 0.29) is 5.04 Å². The molecule has 0 saturated heterocycles. The van der Waals surface area contributed by atoms with Gasteiger partial charge in [-0.05, 0) is 59.6 Å². The van der Waals surface area contributed by atoms with Crippen LogP contribution < -0.4 is 18.6 Å². The summed E-state index contributed by atoms with van der Waals surface area (Å²) in [4.78, 5) is 0. The number of hydrogen-bond donors (Lipinski definition) is 0. The molecule has 4 nitrogen and oxygen atoms in total. The highest BCUT2D eigenvalue weighted by Crippen LogP contribution is 2.41. The Labute approximate surface area is 239 Å². The molecule has 0 unspecified atom stereocenters. The first-order valence-electron chi connectivity index (χ1n) is 13.8. The maximum Gasteiger partial charge on any atom is 0.250 e. The van der Waals surface area contributed by atoms with Gasteiger partial charge in [-0.25, -0.2) is 0 Å². The molecule has 1 aliphatic rings. The molecule has 4 aromatic carbocycles. The number of rotatable bonds is 9. The molecule has 4 aromatic rings.